The fourth-order valence-corrected chi connectivity index (χ4v) is 2.66. The number of halogens is 1. The number of amides is 1. The molecule has 1 saturated carbocycles. The lowest BCUT2D eigenvalue weighted by Gasteiger charge is -2.17. The molecule has 2 N–H and O–H groups in total. The van der Waals surface area contributed by atoms with Crippen LogP contribution < -0.4 is 5.32 Å². The number of rotatable bonds is 5. The van der Waals surface area contributed by atoms with E-state index >= 15 is 0 Å². The van der Waals surface area contributed by atoms with E-state index < -0.39 is 17.4 Å². The van der Waals surface area contributed by atoms with Gasteiger partial charge in [-0.3, -0.25) is 4.79 Å². The van der Waals surface area contributed by atoms with E-state index in [1.807, 2.05) is 0 Å². The van der Waals surface area contributed by atoms with E-state index in [1.165, 1.54) is 18.2 Å². The summed E-state index contributed by atoms with van der Waals surface area (Å²) in [7, 11) is 0. The van der Waals surface area contributed by atoms with Crippen LogP contribution in [-0.2, 0) is 12.0 Å². The molecule has 1 aromatic heterocycles. The van der Waals surface area contributed by atoms with Crippen molar-refractivity contribution >= 4 is 11.9 Å². The Bertz CT molecular complexity index is 777. The number of carbonyl (C=O) groups is 2. The van der Waals surface area contributed by atoms with Crippen molar-refractivity contribution < 1.29 is 23.5 Å². The molecule has 2 aromatic rings. The molecule has 0 aliphatic heterocycles. The van der Waals surface area contributed by atoms with Gasteiger partial charge in [0.05, 0.1) is 5.54 Å². The molecule has 23 heavy (non-hydrogen) atoms. The number of carboxylic acids is 1. The van der Waals surface area contributed by atoms with Gasteiger partial charge in [0, 0.05) is 12.5 Å². The monoisotopic (exact) mass is 317 g/mol. The molecule has 1 amide bonds. The van der Waals surface area contributed by atoms with Crippen LogP contribution >= 0.6 is 0 Å². The average Bonchev–Trinajstić information content (AvgIpc) is 3.15. The van der Waals surface area contributed by atoms with Crippen LogP contribution in [0.4, 0.5) is 4.39 Å². The smallest absolute Gasteiger partial charge is 0.339 e. The standard InChI is InChI=1S/C17H16FNO4/c1-2-13-12(16(21)22)9-14(23-13)15(20)19-17(6-7-17)10-4-3-5-11(18)8-10/h3-5,8-9H,2,6-7H2,1H3,(H,19,20)(H,21,22). The molecule has 120 valence electrons. The number of aromatic carboxylic acids is 1. The Morgan fingerprint density at radius 2 is 2.09 bits per heavy atom. The fourth-order valence-electron chi connectivity index (χ4n) is 2.66. The second kappa shape index (κ2) is 5.53. The van der Waals surface area contributed by atoms with Crippen molar-refractivity contribution in [2.75, 3.05) is 0 Å². The van der Waals surface area contributed by atoms with Crippen molar-refractivity contribution in [2.45, 2.75) is 31.7 Å². The molecule has 0 saturated heterocycles. The lowest BCUT2D eigenvalue weighted by atomic mass is 10.0. The largest absolute Gasteiger partial charge is 0.478 e. The maximum Gasteiger partial charge on any atom is 0.339 e. The maximum absolute atomic E-state index is 13.4. The lowest BCUT2D eigenvalue weighted by molar-refractivity contribution is 0.0694. The molecule has 5 nitrogen and oxygen atoms in total. The quantitative estimate of drug-likeness (QED) is 0.888. The summed E-state index contributed by atoms with van der Waals surface area (Å²) in [6, 6.07) is 7.34. The van der Waals surface area contributed by atoms with Crippen molar-refractivity contribution in [3.63, 3.8) is 0 Å². The zero-order valence-electron chi connectivity index (χ0n) is 12.6. The van der Waals surface area contributed by atoms with E-state index in [-0.39, 0.29) is 22.9 Å². The molecule has 1 fully saturated rings. The number of hydrogen-bond acceptors (Lipinski definition) is 3. The highest BCUT2D eigenvalue weighted by molar-refractivity contribution is 5.96. The molecule has 1 aliphatic carbocycles. The number of carbonyl (C=O) groups excluding carboxylic acids is 1. The molecule has 0 unspecified atom stereocenters. The zero-order valence-corrected chi connectivity index (χ0v) is 12.6. The van der Waals surface area contributed by atoms with E-state index in [9.17, 15) is 14.0 Å². The number of carboxylic acid groups (broad SMARTS) is 1. The van der Waals surface area contributed by atoms with Gasteiger partial charge in [-0.25, -0.2) is 9.18 Å². The molecule has 3 rings (SSSR count). The van der Waals surface area contributed by atoms with Crippen LogP contribution in [0.15, 0.2) is 34.7 Å². The Morgan fingerprint density at radius 1 is 1.35 bits per heavy atom. The van der Waals surface area contributed by atoms with E-state index in [0.29, 0.717) is 24.8 Å². The fraction of sp³-hybridized carbons (Fsp3) is 0.294. The minimum Gasteiger partial charge on any atom is -0.478 e. The summed E-state index contributed by atoms with van der Waals surface area (Å²) in [5.41, 5.74) is 0.0988. The molecule has 0 radical (unpaired) electrons. The first-order chi connectivity index (χ1) is 10.9. The SMILES string of the molecule is CCc1oc(C(=O)NC2(c3cccc(F)c3)CC2)cc1C(=O)O. The summed E-state index contributed by atoms with van der Waals surface area (Å²) in [5, 5.41) is 12.0. The molecular weight excluding hydrogens is 301 g/mol. The molecule has 0 atom stereocenters. The summed E-state index contributed by atoms with van der Waals surface area (Å²) in [6.07, 6.45) is 1.79. The predicted molar refractivity (Wildman–Crippen MR) is 79.8 cm³/mol. The zero-order chi connectivity index (χ0) is 16.6. The van der Waals surface area contributed by atoms with Gasteiger partial charge in [-0.15, -0.1) is 0 Å². The van der Waals surface area contributed by atoms with Crippen LogP contribution in [0.5, 0.6) is 0 Å². The summed E-state index contributed by atoms with van der Waals surface area (Å²) in [5.74, 6) is -1.76. The summed E-state index contributed by atoms with van der Waals surface area (Å²) in [4.78, 5) is 23.5. The van der Waals surface area contributed by atoms with Crippen molar-refractivity contribution in [2.24, 2.45) is 0 Å². The van der Waals surface area contributed by atoms with Gasteiger partial charge >= 0.3 is 5.97 Å². The van der Waals surface area contributed by atoms with Crippen LogP contribution in [0.2, 0.25) is 0 Å². The molecule has 1 aliphatic rings. The highest BCUT2D eigenvalue weighted by Crippen LogP contribution is 2.45. The Labute approximate surface area is 132 Å². The van der Waals surface area contributed by atoms with E-state index in [2.05, 4.69) is 5.32 Å². The van der Waals surface area contributed by atoms with Gasteiger partial charge in [0.15, 0.2) is 5.76 Å². The van der Waals surface area contributed by atoms with E-state index in [0.717, 1.165) is 0 Å². The minimum absolute atomic E-state index is 0.00625. The number of furan rings is 1. The summed E-state index contributed by atoms with van der Waals surface area (Å²) in [6.45, 7) is 1.75. The van der Waals surface area contributed by atoms with Gasteiger partial charge in [-0.1, -0.05) is 19.1 Å². The van der Waals surface area contributed by atoms with Gasteiger partial charge in [0.25, 0.3) is 5.91 Å². The number of nitrogens with one attached hydrogen (secondary N) is 1. The van der Waals surface area contributed by atoms with E-state index in [4.69, 9.17) is 9.52 Å². The third-order valence-electron chi connectivity index (χ3n) is 4.06. The Kier molecular flexibility index (Phi) is 3.67. The molecule has 1 aromatic carbocycles. The van der Waals surface area contributed by atoms with Crippen molar-refractivity contribution in [1.29, 1.82) is 0 Å². The highest BCUT2D eigenvalue weighted by atomic mass is 19.1. The Balaban J connectivity index is 1.83. The second-order valence-electron chi connectivity index (χ2n) is 5.65. The van der Waals surface area contributed by atoms with Crippen LogP contribution in [0.25, 0.3) is 0 Å². The lowest BCUT2D eigenvalue weighted by Crippen LogP contribution is -2.34. The van der Waals surface area contributed by atoms with Crippen molar-refractivity contribution in [1.82, 2.24) is 5.32 Å². The van der Waals surface area contributed by atoms with Gasteiger partial charge in [-0.2, -0.15) is 0 Å². The molecule has 1 heterocycles. The highest BCUT2D eigenvalue weighted by Gasteiger charge is 2.46. The van der Waals surface area contributed by atoms with E-state index in [1.54, 1.807) is 19.1 Å². The molecule has 0 spiro atoms. The van der Waals surface area contributed by atoms with Gasteiger partial charge < -0.3 is 14.8 Å². The first-order valence-corrected chi connectivity index (χ1v) is 7.40. The van der Waals surface area contributed by atoms with Crippen LogP contribution in [0, 0.1) is 5.82 Å². The van der Waals surface area contributed by atoms with Crippen molar-refractivity contribution in [3.8, 4) is 0 Å². The minimum atomic E-state index is -1.13. The third-order valence-corrected chi connectivity index (χ3v) is 4.06. The number of benzene rings is 1. The van der Waals surface area contributed by atoms with Gasteiger partial charge in [0.1, 0.15) is 17.1 Å². The predicted octanol–water partition coefficient (Wildman–Crippen LogP) is 3.10. The average molecular weight is 317 g/mol. The molecular formula is C17H16FNO4. The topological polar surface area (TPSA) is 79.5 Å². The first-order valence-electron chi connectivity index (χ1n) is 7.40. The van der Waals surface area contributed by atoms with Crippen molar-refractivity contribution in [3.05, 3.63) is 58.8 Å². The third kappa shape index (κ3) is 2.84. The summed E-state index contributed by atoms with van der Waals surface area (Å²) < 4.78 is 18.7. The first kappa shape index (κ1) is 15.3. The van der Waals surface area contributed by atoms with Crippen LogP contribution in [-0.4, -0.2) is 17.0 Å². The molecule has 0 bridgehead atoms. The maximum atomic E-state index is 13.4. The Morgan fingerprint density at radius 3 is 2.61 bits per heavy atom. The molecule has 6 heteroatoms. The van der Waals surface area contributed by atoms with Crippen LogP contribution in [0.1, 0.15) is 52.0 Å². The second-order valence-corrected chi connectivity index (χ2v) is 5.65. The van der Waals surface area contributed by atoms with Crippen LogP contribution in [0.3, 0.4) is 0 Å². The van der Waals surface area contributed by atoms with Gasteiger partial charge in [-0.05, 0) is 30.5 Å². The summed E-state index contributed by atoms with van der Waals surface area (Å²) >= 11 is 0. The Hall–Kier alpha value is -2.63. The van der Waals surface area contributed by atoms with Gasteiger partial charge in [0.2, 0.25) is 0 Å². The number of aryl methyl sites for hydroxylation is 1. The number of hydrogen-bond donors (Lipinski definition) is 2. The normalized spacial score (nSPS) is 15.2.